The third-order valence-corrected chi connectivity index (χ3v) is 15.1. The number of phosphoric acid groups is 1. The number of sulfone groups is 1. The first-order valence-electron chi connectivity index (χ1n) is 20.5. The molecule has 384 valence electrons. The molecule has 0 saturated heterocycles. The second kappa shape index (κ2) is 19.1. The van der Waals surface area contributed by atoms with Crippen molar-refractivity contribution in [1.29, 1.82) is 0 Å². The molecule has 0 spiro atoms. The van der Waals surface area contributed by atoms with E-state index in [1.807, 2.05) is 0 Å². The van der Waals surface area contributed by atoms with Crippen LogP contribution >= 0.6 is 19.4 Å². The van der Waals surface area contributed by atoms with Crippen molar-refractivity contribution in [3.63, 3.8) is 0 Å². The molecule has 2 unspecified atom stereocenters. The third-order valence-electron chi connectivity index (χ3n) is 11.5. The fourth-order valence-electron chi connectivity index (χ4n) is 8.10. The van der Waals surface area contributed by atoms with Crippen molar-refractivity contribution in [2.75, 3.05) is 19.4 Å². The molecule has 2 aromatic carbocycles. The highest BCUT2D eigenvalue weighted by Crippen LogP contribution is 2.68. The van der Waals surface area contributed by atoms with Crippen LogP contribution in [-0.2, 0) is 73.1 Å². The molecule has 0 bridgehead atoms. The minimum Gasteiger partial charge on any atom is -0.760 e. The summed E-state index contributed by atoms with van der Waals surface area (Å²) in [7, 11) is -9.02. The summed E-state index contributed by atoms with van der Waals surface area (Å²) in [5.74, 6) is -5.03. The van der Waals surface area contributed by atoms with Crippen LogP contribution in [0.25, 0.3) is 22.0 Å². The number of benzene rings is 2. The fraction of sp³-hybridized carbons (Fsp3) is 0.415. The molecule has 2 aliphatic carbocycles. The number of nitrogens with zero attached hydrogens (tertiary/aromatic N) is 6. The summed E-state index contributed by atoms with van der Waals surface area (Å²) in [5.41, 5.74) is -5.97. The molecule has 3 heterocycles. The zero-order chi connectivity index (χ0) is 52.6. The van der Waals surface area contributed by atoms with Gasteiger partial charge < -0.3 is 19.7 Å². The summed E-state index contributed by atoms with van der Waals surface area (Å²) in [6.45, 7) is -3.24. The molecule has 4 atom stereocenters. The Kier molecular flexibility index (Phi) is 14.5. The van der Waals surface area contributed by atoms with Crippen LogP contribution in [0.5, 0.6) is 0 Å². The van der Waals surface area contributed by atoms with Gasteiger partial charge in [-0.05, 0) is 74.4 Å². The molecule has 71 heavy (non-hydrogen) atoms. The first kappa shape index (κ1) is 53.8. The Morgan fingerprint density at radius 2 is 1.72 bits per heavy atom. The van der Waals surface area contributed by atoms with Crippen molar-refractivity contribution in [2.24, 2.45) is 5.92 Å². The normalized spacial score (nSPS) is 17.7. The lowest BCUT2D eigenvalue weighted by Crippen LogP contribution is -2.35. The SMILES string of the molecule is CC(C)(C#Cc1ccc(-c2ccc(Cl)c3c(CN(CCOP(=O)(O)O)S(=O)[O-])nn(CC(F)(F)F)c23)c(C(Cc2cc(F)cc(F)c2)NC(=O)Cn2nc(C(F)(F)F)c3c2C(F)(F)[C@@H]2C[C@H]32)n1)S(C)(=O)=O. The molecule has 5 aromatic rings. The van der Waals surface area contributed by atoms with E-state index in [0.717, 1.165) is 30.5 Å². The van der Waals surface area contributed by atoms with Gasteiger partial charge in [0.2, 0.25) is 5.91 Å². The summed E-state index contributed by atoms with van der Waals surface area (Å²) in [5, 5.41) is 9.16. The Morgan fingerprint density at radius 3 is 2.31 bits per heavy atom. The van der Waals surface area contributed by atoms with E-state index in [0.29, 0.717) is 15.1 Å². The maximum absolute atomic E-state index is 15.5. The average Bonchev–Trinajstić information content (AvgIpc) is 3.74. The van der Waals surface area contributed by atoms with Crippen molar-refractivity contribution < 1.29 is 84.8 Å². The number of nitrogens with one attached hydrogen (secondary N) is 1. The highest BCUT2D eigenvalue weighted by atomic mass is 35.5. The molecule has 1 fully saturated rings. The number of pyridine rings is 1. The third kappa shape index (κ3) is 11.8. The van der Waals surface area contributed by atoms with E-state index in [4.69, 9.17) is 21.4 Å². The van der Waals surface area contributed by atoms with Gasteiger partial charge in [-0.2, -0.15) is 45.3 Å². The minimum absolute atomic E-state index is 0.193. The number of fused-ring (bicyclic) bond motifs is 4. The maximum Gasteiger partial charge on any atom is 0.469 e. The van der Waals surface area contributed by atoms with Crippen LogP contribution in [0, 0.1) is 29.4 Å². The summed E-state index contributed by atoms with van der Waals surface area (Å²) in [6, 6.07) is 4.98. The van der Waals surface area contributed by atoms with Crippen LogP contribution in [0.2, 0.25) is 5.02 Å². The van der Waals surface area contributed by atoms with E-state index >= 15 is 8.78 Å². The second-order valence-electron chi connectivity index (χ2n) is 17.0. The quantitative estimate of drug-likeness (QED) is 0.0394. The van der Waals surface area contributed by atoms with E-state index in [-0.39, 0.29) is 43.9 Å². The van der Waals surface area contributed by atoms with Crippen LogP contribution in [-0.4, -0.2) is 92.1 Å². The molecule has 0 aliphatic heterocycles. The molecule has 7 rings (SSSR count). The summed E-state index contributed by atoms with van der Waals surface area (Å²) in [6.07, 6.45) is -10.4. The topological polar surface area (TPSA) is 222 Å². The monoisotopic (exact) mass is 1090 g/mol. The van der Waals surface area contributed by atoms with E-state index in [1.165, 1.54) is 26.0 Å². The largest absolute Gasteiger partial charge is 0.760 e. The molecular weight excluding hydrogens is 1060 g/mol. The summed E-state index contributed by atoms with van der Waals surface area (Å²) >= 11 is 3.36. The van der Waals surface area contributed by atoms with Gasteiger partial charge in [-0.1, -0.05) is 23.6 Å². The van der Waals surface area contributed by atoms with Crippen molar-refractivity contribution in [2.45, 2.75) is 81.3 Å². The van der Waals surface area contributed by atoms with Gasteiger partial charge in [0.25, 0.3) is 5.92 Å². The van der Waals surface area contributed by atoms with Gasteiger partial charge in [0.05, 0.1) is 41.1 Å². The van der Waals surface area contributed by atoms with Gasteiger partial charge in [-0.15, -0.1) is 0 Å². The van der Waals surface area contributed by atoms with Crippen LogP contribution in [0.1, 0.15) is 71.8 Å². The van der Waals surface area contributed by atoms with E-state index in [2.05, 4.69) is 36.9 Å². The van der Waals surface area contributed by atoms with Crippen molar-refractivity contribution >= 4 is 57.3 Å². The summed E-state index contributed by atoms with van der Waals surface area (Å²) < 4.78 is 211. The number of rotatable bonds is 16. The van der Waals surface area contributed by atoms with Crippen LogP contribution in [0.15, 0.2) is 42.5 Å². The number of phosphoric ester groups is 1. The Labute approximate surface area is 403 Å². The molecule has 16 nitrogen and oxygen atoms in total. The van der Waals surface area contributed by atoms with E-state index < -0.39 is 160 Å². The smallest absolute Gasteiger partial charge is 0.469 e. The van der Waals surface area contributed by atoms with Crippen LogP contribution in [0.4, 0.5) is 43.9 Å². The molecule has 1 amide bonds. The fourth-order valence-corrected chi connectivity index (χ4v) is 9.37. The number of hydrogen-bond donors (Lipinski definition) is 3. The number of carbonyl (C=O) groups is 1. The number of aromatic nitrogens is 5. The van der Waals surface area contributed by atoms with Gasteiger partial charge >= 0.3 is 20.2 Å². The lowest BCUT2D eigenvalue weighted by Gasteiger charge is -2.24. The van der Waals surface area contributed by atoms with Crippen LogP contribution in [0.3, 0.4) is 0 Å². The number of hydrogen-bond acceptors (Lipinski definition) is 10. The van der Waals surface area contributed by atoms with Crippen LogP contribution < -0.4 is 5.32 Å². The molecular formula is C41H36ClF10N7O9PS2-. The lowest BCUT2D eigenvalue weighted by molar-refractivity contribution is -0.143. The zero-order valence-corrected chi connectivity index (χ0v) is 39.9. The number of carbonyl (C=O) groups excluding carboxylic acids is 1. The van der Waals surface area contributed by atoms with Crippen molar-refractivity contribution in [1.82, 2.24) is 34.2 Å². The second-order valence-corrected chi connectivity index (χ2v) is 22.2. The number of halogens is 11. The van der Waals surface area contributed by atoms with Gasteiger partial charge in [0.1, 0.15) is 40.9 Å². The van der Waals surface area contributed by atoms with Gasteiger partial charge in [0, 0.05) is 58.1 Å². The maximum atomic E-state index is 15.5. The Balaban J connectivity index is 1.43. The van der Waals surface area contributed by atoms with Gasteiger partial charge in [-0.3, -0.25) is 22.9 Å². The molecule has 1 saturated carbocycles. The molecule has 2 aliphatic rings. The predicted octanol–water partition coefficient (Wildman–Crippen LogP) is 7.00. The van der Waals surface area contributed by atoms with Crippen molar-refractivity contribution in [3.8, 4) is 23.0 Å². The zero-order valence-electron chi connectivity index (χ0n) is 36.6. The first-order chi connectivity index (χ1) is 32.6. The first-order valence-corrected chi connectivity index (χ1v) is 25.3. The van der Waals surface area contributed by atoms with E-state index in [1.54, 1.807) is 0 Å². The Hall–Kier alpha value is -4.98. The minimum atomic E-state index is -5.22. The van der Waals surface area contributed by atoms with E-state index in [9.17, 15) is 61.7 Å². The molecule has 3 aromatic heterocycles. The number of alkyl halides is 8. The lowest BCUT2D eigenvalue weighted by atomic mass is 9.93. The highest BCUT2D eigenvalue weighted by Gasteiger charge is 2.68. The van der Waals surface area contributed by atoms with Crippen molar-refractivity contribution in [3.05, 3.63) is 98.7 Å². The summed E-state index contributed by atoms with van der Waals surface area (Å²) in [4.78, 5) is 36.8. The van der Waals surface area contributed by atoms with Gasteiger partial charge in [-0.25, -0.2) is 31.1 Å². The number of amides is 1. The van der Waals surface area contributed by atoms with Gasteiger partial charge in [0.15, 0.2) is 15.5 Å². The molecule has 0 radical (unpaired) electrons. The predicted molar refractivity (Wildman–Crippen MR) is 230 cm³/mol. The average molecular weight is 1090 g/mol. The molecule has 30 heteroatoms. The Bertz CT molecular complexity index is 3190. The highest BCUT2D eigenvalue weighted by molar-refractivity contribution is 7.92. The standard InChI is InChI=1S/C41H37ClF10N7O9PS2/c1-38(2,71(3,66)67)9-8-23-4-5-24(25-6-7-28(42)33-30(55-59(35(25)33)19-39(45,46)47)17-57(70(64)65)10-11-68-69(61,62)63)34(53-23)29(14-20-12-21(43)15-22(44)13-20)54-31(60)18-58-37-32(36(56-58)41(50,51)52)26-16-27(26)40(37,48)49/h4-7,12-13,15,26-27,29H,10-11,14,16-19H2,1-3H3,(H,54,60)(H,64,65)(H2,61,62,63)/p-1/t26-,27+,29?/m0/s1. The molecule has 3 N–H and O–H groups in total. The Morgan fingerprint density at radius 1 is 1.07 bits per heavy atom.